The van der Waals surface area contributed by atoms with Crippen molar-refractivity contribution in [1.29, 1.82) is 0 Å². The molecule has 0 aromatic rings. The minimum absolute atomic E-state index is 0.942. The molecule has 10 N–H and O–H groups in total. The van der Waals surface area contributed by atoms with E-state index in [-0.39, 0.29) is 0 Å². The number of aliphatic hydroxyl groups excluding tert-OH is 8. The largest absolute Gasteiger partial charge is 0.479 e. The Balaban J connectivity index is 1.75. The Labute approximate surface area is 283 Å². The number of carboxylic acids is 1. The number of carboxylic acid groups (broad SMARTS) is 1. The van der Waals surface area contributed by atoms with Gasteiger partial charge in [-0.15, -0.1) is 0 Å². The van der Waals surface area contributed by atoms with Gasteiger partial charge in [-0.3, -0.25) is 9.35 Å². The molecule has 290 valence electrons. The van der Waals surface area contributed by atoms with Gasteiger partial charge in [0.1, 0.15) is 67.1 Å². The third kappa shape index (κ3) is 8.87. The molecule has 4 aliphatic heterocycles. The van der Waals surface area contributed by atoms with Crippen molar-refractivity contribution >= 4 is 22.3 Å². The van der Waals surface area contributed by atoms with Gasteiger partial charge in [0, 0.05) is 6.92 Å². The summed E-state index contributed by atoms with van der Waals surface area (Å²) in [7, 11) is -5.16. The number of carbonyl (C=O) groups is 2. The van der Waals surface area contributed by atoms with Crippen molar-refractivity contribution in [2.75, 3.05) is 0 Å². The fraction of sp³-hybridized carbons (Fsp3) is 0.923. The molecule has 23 nitrogen and oxygen atoms in total. The van der Waals surface area contributed by atoms with Crippen LogP contribution in [0.25, 0.3) is 0 Å². The summed E-state index contributed by atoms with van der Waals surface area (Å²) in [6, 6.07) is 0. The Morgan fingerprint density at radius 2 is 1.08 bits per heavy atom. The molecular weight excluding hydrogens is 712 g/mol. The molecule has 0 amide bonds. The number of aliphatic carboxylic acids is 1. The first-order valence-corrected chi connectivity index (χ1v) is 16.6. The van der Waals surface area contributed by atoms with Crippen LogP contribution in [0.4, 0.5) is 0 Å². The Kier molecular flexibility index (Phi) is 13.2. The standard InChI is InChI=1S/C26H42O23S/c1-5-9(28)18(15(34)23(37)41-5)45-26-21(48-25-13(32)10(29)11(30)19(46-25)22(35)36)20(17(7(3)43-26)44-8(4)27)47-24-14(33)12(31)16(6(2)42-24)49-50(38,39)40/h5-7,9-21,23-26,28-34,37H,1-4H3,(H,35,36)(H,38,39,40)/t5-,6-,7-,9-,10-,11-,12-,13+,14-,15-,16-,17-,18+,19-,20+,21-,23-,24+,25-,26+/m0/s1. The third-order valence-corrected chi connectivity index (χ3v) is 8.99. The lowest BCUT2D eigenvalue weighted by Gasteiger charge is -2.50. The summed E-state index contributed by atoms with van der Waals surface area (Å²) in [5.74, 6) is -2.73. The summed E-state index contributed by atoms with van der Waals surface area (Å²) in [6.07, 6.45) is -37.4. The van der Waals surface area contributed by atoms with Gasteiger partial charge in [0.05, 0.1) is 18.3 Å². The zero-order chi connectivity index (χ0) is 37.6. The predicted octanol–water partition coefficient (Wildman–Crippen LogP) is -6.18. The maximum absolute atomic E-state index is 12.2. The SMILES string of the molecule is CC(=O)O[C@@H]1[C@@H](O[C@H]2O[C@@H](C)[C@H](OS(=O)(=O)O)[C@@H](O)[C@@H]2O)[C@H](O[C@@H]2O[C@H](C(=O)O)[C@@H](O)[C@H](O)[C@H]2O)[C@@H](O[C@@H]2[C@@H](O)[C@H](C)O[C@H](O)[C@H]2O)O[C@H]1C. The van der Waals surface area contributed by atoms with E-state index < -0.39 is 145 Å². The molecule has 50 heavy (non-hydrogen) atoms. The Morgan fingerprint density at radius 1 is 0.560 bits per heavy atom. The number of rotatable bonds is 10. The van der Waals surface area contributed by atoms with Crippen LogP contribution in [-0.2, 0) is 62.1 Å². The van der Waals surface area contributed by atoms with Gasteiger partial charge in [-0.1, -0.05) is 0 Å². The van der Waals surface area contributed by atoms with Gasteiger partial charge in [0.25, 0.3) is 0 Å². The Bertz CT molecular complexity index is 1270. The second-order valence-electron chi connectivity index (χ2n) is 12.2. The molecule has 4 heterocycles. The van der Waals surface area contributed by atoms with Gasteiger partial charge in [-0.05, 0) is 20.8 Å². The number of ether oxygens (including phenoxy) is 8. The van der Waals surface area contributed by atoms with Gasteiger partial charge in [-0.25, -0.2) is 8.98 Å². The van der Waals surface area contributed by atoms with E-state index in [0.29, 0.717) is 0 Å². The van der Waals surface area contributed by atoms with E-state index in [0.717, 1.165) is 6.92 Å². The van der Waals surface area contributed by atoms with Gasteiger partial charge >= 0.3 is 22.3 Å². The monoisotopic (exact) mass is 754 g/mol. The first kappa shape index (κ1) is 41.0. The van der Waals surface area contributed by atoms with E-state index in [4.69, 9.17) is 42.4 Å². The van der Waals surface area contributed by atoms with Crippen molar-refractivity contribution in [3.05, 3.63) is 0 Å². The summed E-state index contributed by atoms with van der Waals surface area (Å²) in [5.41, 5.74) is 0. The fourth-order valence-electron chi connectivity index (χ4n) is 5.93. The van der Waals surface area contributed by atoms with E-state index in [1.54, 1.807) is 0 Å². The minimum atomic E-state index is -5.16. The van der Waals surface area contributed by atoms with Gasteiger partial charge in [0.15, 0.2) is 37.4 Å². The lowest BCUT2D eigenvalue weighted by Crippen LogP contribution is -2.68. The van der Waals surface area contributed by atoms with Crippen molar-refractivity contribution in [3.8, 4) is 0 Å². The van der Waals surface area contributed by atoms with E-state index >= 15 is 0 Å². The highest BCUT2D eigenvalue weighted by molar-refractivity contribution is 7.80. The smallest absolute Gasteiger partial charge is 0.397 e. The van der Waals surface area contributed by atoms with E-state index in [9.17, 15) is 64.0 Å². The molecule has 0 spiro atoms. The summed E-state index contributed by atoms with van der Waals surface area (Å²) in [4.78, 5) is 24.0. The highest BCUT2D eigenvalue weighted by Crippen LogP contribution is 2.37. The van der Waals surface area contributed by atoms with Crippen molar-refractivity contribution in [2.45, 2.75) is 151 Å². The Morgan fingerprint density at radius 3 is 1.66 bits per heavy atom. The maximum Gasteiger partial charge on any atom is 0.397 e. The zero-order valence-corrected chi connectivity index (χ0v) is 27.6. The lowest BCUT2D eigenvalue weighted by atomic mass is 9.95. The fourth-order valence-corrected chi connectivity index (χ4v) is 6.48. The lowest BCUT2D eigenvalue weighted by molar-refractivity contribution is -0.399. The molecule has 0 unspecified atom stereocenters. The molecule has 0 saturated carbocycles. The highest BCUT2D eigenvalue weighted by Gasteiger charge is 2.57. The molecule has 0 aromatic heterocycles. The second-order valence-corrected chi connectivity index (χ2v) is 13.3. The number of hydrogen-bond donors (Lipinski definition) is 10. The normalized spacial score (nSPS) is 48.9. The molecule has 4 rings (SSSR count). The first-order valence-electron chi connectivity index (χ1n) is 15.2. The molecule has 4 saturated heterocycles. The molecular formula is C26H42O23S. The van der Waals surface area contributed by atoms with Crippen LogP contribution in [-0.4, -0.2) is 194 Å². The van der Waals surface area contributed by atoms with Crippen molar-refractivity contribution < 1.29 is 111 Å². The van der Waals surface area contributed by atoms with Crippen LogP contribution in [0.2, 0.25) is 0 Å². The predicted molar refractivity (Wildman–Crippen MR) is 150 cm³/mol. The molecule has 20 atom stereocenters. The van der Waals surface area contributed by atoms with Crippen LogP contribution in [0.15, 0.2) is 0 Å². The number of carbonyl (C=O) groups excluding carboxylic acids is 1. The summed E-state index contributed by atoms with van der Waals surface area (Å²) >= 11 is 0. The molecule has 0 aromatic carbocycles. The molecule has 24 heteroatoms. The summed E-state index contributed by atoms with van der Waals surface area (Å²) in [5, 5.41) is 94.0. The molecule has 4 fully saturated rings. The number of aliphatic hydroxyl groups is 8. The van der Waals surface area contributed by atoms with Crippen molar-refractivity contribution in [1.82, 2.24) is 0 Å². The van der Waals surface area contributed by atoms with Gasteiger partial charge < -0.3 is 83.9 Å². The average Bonchev–Trinajstić information content (AvgIpc) is 3.01. The molecule has 0 aliphatic carbocycles. The van der Waals surface area contributed by atoms with E-state index in [1.807, 2.05) is 0 Å². The van der Waals surface area contributed by atoms with Crippen LogP contribution in [0.1, 0.15) is 27.7 Å². The molecule has 4 aliphatic rings. The van der Waals surface area contributed by atoms with Crippen LogP contribution in [0.5, 0.6) is 0 Å². The van der Waals surface area contributed by atoms with Gasteiger partial charge in [0.2, 0.25) is 0 Å². The maximum atomic E-state index is 12.2. The quantitative estimate of drug-likeness (QED) is 0.0732. The second kappa shape index (κ2) is 16.1. The summed E-state index contributed by atoms with van der Waals surface area (Å²) in [6.45, 7) is 4.80. The van der Waals surface area contributed by atoms with Crippen molar-refractivity contribution in [2.24, 2.45) is 0 Å². The number of esters is 1. The van der Waals surface area contributed by atoms with E-state index in [1.165, 1.54) is 20.8 Å². The number of hydrogen-bond acceptors (Lipinski definition) is 21. The van der Waals surface area contributed by atoms with Crippen LogP contribution < -0.4 is 0 Å². The first-order chi connectivity index (χ1) is 23.1. The molecule has 0 bridgehead atoms. The van der Waals surface area contributed by atoms with Crippen LogP contribution >= 0.6 is 0 Å². The van der Waals surface area contributed by atoms with Crippen LogP contribution in [0, 0.1) is 0 Å². The summed E-state index contributed by atoms with van der Waals surface area (Å²) < 4.78 is 80.9. The Hall–Kier alpha value is -1.79. The average molecular weight is 755 g/mol. The molecule has 0 radical (unpaired) electrons. The topological polar surface area (TPSA) is 354 Å². The van der Waals surface area contributed by atoms with Crippen molar-refractivity contribution in [3.63, 3.8) is 0 Å². The zero-order valence-electron chi connectivity index (χ0n) is 26.7. The highest BCUT2D eigenvalue weighted by atomic mass is 32.3. The van der Waals surface area contributed by atoms with E-state index in [2.05, 4.69) is 4.18 Å². The van der Waals surface area contributed by atoms with Gasteiger partial charge in [-0.2, -0.15) is 8.42 Å². The van der Waals surface area contributed by atoms with Crippen LogP contribution in [0.3, 0.4) is 0 Å². The minimum Gasteiger partial charge on any atom is -0.479 e. The third-order valence-electron chi connectivity index (χ3n) is 8.53.